The highest BCUT2D eigenvalue weighted by Crippen LogP contribution is 2.17. The number of fused-ring (bicyclic) bond motifs is 1. The summed E-state index contributed by atoms with van der Waals surface area (Å²) < 4.78 is 0.983. The minimum absolute atomic E-state index is 0.177. The first-order chi connectivity index (χ1) is 11.7. The monoisotopic (exact) mass is 382 g/mol. The molecule has 4 rings (SSSR count). The molecule has 7 nitrogen and oxygen atoms in total. The number of H-pyrrole nitrogens is 1. The van der Waals surface area contributed by atoms with Crippen molar-refractivity contribution >= 4 is 26.8 Å². The van der Waals surface area contributed by atoms with Crippen LogP contribution in [-0.2, 0) is 6.54 Å². The summed E-state index contributed by atoms with van der Waals surface area (Å²) in [6.45, 7) is 0.240. The van der Waals surface area contributed by atoms with Crippen molar-refractivity contribution in [3.63, 3.8) is 0 Å². The Morgan fingerprint density at radius 2 is 1.88 bits per heavy atom. The fourth-order valence-electron chi connectivity index (χ4n) is 2.37. The minimum Gasteiger partial charge on any atom is -0.308 e. The van der Waals surface area contributed by atoms with Gasteiger partial charge in [0.15, 0.2) is 0 Å². The number of nitrogens with one attached hydrogen (secondary N) is 1. The van der Waals surface area contributed by atoms with E-state index >= 15 is 0 Å². The number of nitrogens with zero attached hydrogens (tertiary/aromatic N) is 5. The molecule has 24 heavy (non-hydrogen) atoms. The second-order valence-corrected chi connectivity index (χ2v) is 6.10. The Hall–Kier alpha value is -2.87. The van der Waals surface area contributed by atoms with E-state index in [-0.39, 0.29) is 12.1 Å². The van der Waals surface area contributed by atoms with E-state index in [4.69, 9.17) is 0 Å². The van der Waals surface area contributed by atoms with Crippen molar-refractivity contribution in [3.05, 3.63) is 69.2 Å². The van der Waals surface area contributed by atoms with Gasteiger partial charge in [0, 0.05) is 10.0 Å². The first kappa shape index (κ1) is 14.7. The number of hydrogen-bond acceptors (Lipinski definition) is 5. The molecule has 8 heteroatoms. The first-order valence-corrected chi connectivity index (χ1v) is 8.00. The Labute approximate surface area is 144 Å². The van der Waals surface area contributed by atoms with Crippen LogP contribution in [0.2, 0.25) is 0 Å². The van der Waals surface area contributed by atoms with Crippen molar-refractivity contribution in [1.82, 2.24) is 30.2 Å². The van der Waals surface area contributed by atoms with Gasteiger partial charge in [-0.05, 0) is 41.6 Å². The van der Waals surface area contributed by atoms with Gasteiger partial charge in [-0.2, -0.15) is 4.80 Å². The maximum atomic E-state index is 12.1. The average Bonchev–Trinajstić information content (AvgIpc) is 3.04. The lowest BCUT2D eigenvalue weighted by Crippen LogP contribution is -2.15. The van der Waals surface area contributed by atoms with E-state index in [0.29, 0.717) is 22.6 Å². The predicted molar refractivity (Wildman–Crippen MR) is 92.4 cm³/mol. The van der Waals surface area contributed by atoms with Crippen molar-refractivity contribution in [3.8, 4) is 11.4 Å². The summed E-state index contributed by atoms with van der Waals surface area (Å²) in [4.78, 5) is 20.7. The molecule has 0 aliphatic carbocycles. The fourth-order valence-corrected chi connectivity index (χ4v) is 2.63. The van der Waals surface area contributed by atoms with E-state index in [1.807, 2.05) is 36.4 Å². The van der Waals surface area contributed by atoms with E-state index in [2.05, 4.69) is 41.3 Å². The van der Waals surface area contributed by atoms with Gasteiger partial charge in [0.25, 0.3) is 5.56 Å². The molecule has 0 radical (unpaired) electrons. The van der Waals surface area contributed by atoms with E-state index in [1.165, 1.54) is 4.80 Å². The predicted octanol–water partition coefficient (Wildman–Crippen LogP) is 2.39. The van der Waals surface area contributed by atoms with Crippen LogP contribution in [0.15, 0.2) is 57.8 Å². The normalized spacial score (nSPS) is 11.0. The van der Waals surface area contributed by atoms with Gasteiger partial charge in [-0.15, -0.1) is 10.2 Å². The number of tetrazole rings is 1. The molecule has 0 atom stereocenters. The van der Waals surface area contributed by atoms with Gasteiger partial charge in [0.05, 0.1) is 10.9 Å². The molecule has 4 aromatic rings. The second-order valence-electron chi connectivity index (χ2n) is 5.18. The molecule has 0 saturated carbocycles. The first-order valence-electron chi connectivity index (χ1n) is 7.21. The van der Waals surface area contributed by atoms with Crippen molar-refractivity contribution in [2.45, 2.75) is 6.54 Å². The van der Waals surface area contributed by atoms with Crippen LogP contribution in [0.3, 0.4) is 0 Å². The van der Waals surface area contributed by atoms with Crippen molar-refractivity contribution in [2.24, 2.45) is 0 Å². The highest BCUT2D eigenvalue weighted by molar-refractivity contribution is 9.10. The maximum absolute atomic E-state index is 12.1. The van der Waals surface area contributed by atoms with Crippen LogP contribution < -0.4 is 5.56 Å². The third kappa shape index (κ3) is 2.83. The standard InChI is InChI=1S/C16H11BrN6O/c17-11-7-5-10(6-8-11)15-20-22-23(21-15)9-14-18-13-4-2-1-3-12(13)16(24)19-14/h1-8H,9H2,(H,18,19,24). The molecule has 1 N–H and O–H groups in total. The molecule has 0 fully saturated rings. The fraction of sp³-hybridized carbons (Fsp3) is 0.0625. The van der Waals surface area contributed by atoms with Gasteiger partial charge in [0.1, 0.15) is 12.4 Å². The van der Waals surface area contributed by atoms with Crippen molar-refractivity contribution in [2.75, 3.05) is 0 Å². The number of aromatic amines is 1. The van der Waals surface area contributed by atoms with Gasteiger partial charge in [0.2, 0.25) is 5.82 Å². The van der Waals surface area contributed by atoms with Gasteiger partial charge < -0.3 is 4.98 Å². The maximum Gasteiger partial charge on any atom is 0.258 e. The molecule has 0 unspecified atom stereocenters. The van der Waals surface area contributed by atoms with Crippen molar-refractivity contribution < 1.29 is 0 Å². The molecule has 0 saturated heterocycles. The van der Waals surface area contributed by atoms with Crippen LogP contribution in [0.5, 0.6) is 0 Å². The van der Waals surface area contributed by atoms with Crippen LogP contribution >= 0.6 is 15.9 Å². The number of rotatable bonds is 3. The SMILES string of the molecule is O=c1[nH]c(Cn2nnc(-c3ccc(Br)cc3)n2)nc2ccccc12. The Kier molecular flexibility index (Phi) is 3.66. The Morgan fingerprint density at radius 3 is 2.71 bits per heavy atom. The van der Waals surface area contributed by atoms with E-state index in [1.54, 1.807) is 12.1 Å². The minimum atomic E-state index is -0.177. The average molecular weight is 383 g/mol. The highest BCUT2D eigenvalue weighted by atomic mass is 79.9. The van der Waals surface area contributed by atoms with Crippen LogP contribution in [0.25, 0.3) is 22.3 Å². The third-order valence-corrected chi connectivity index (χ3v) is 4.04. The second kappa shape index (κ2) is 5.97. The lowest BCUT2D eigenvalue weighted by molar-refractivity contribution is 0.555. The summed E-state index contributed by atoms with van der Waals surface area (Å²) in [6.07, 6.45) is 0. The van der Waals surface area contributed by atoms with Crippen LogP contribution in [0.1, 0.15) is 5.82 Å². The zero-order valence-corrected chi connectivity index (χ0v) is 13.9. The smallest absolute Gasteiger partial charge is 0.258 e. The van der Waals surface area contributed by atoms with E-state index in [0.717, 1.165) is 10.0 Å². The van der Waals surface area contributed by atoms with Crippen LogP contribution in [0.4, 0.5) is 0 Å². The van der Waals surface area contributed by atoms with Crippen molar-refractivity contribution in [1.29, 1.82) is 0 Å². The summed E-state index contributed by atoms with van der Waals surface area (Å²) in [5.41, 5.74) is 1.33. The number of hydrogen-bond donors (Lipinski definition) is 1. The summed E-state index contributed by atoms with van der Waals surface area (Å²) >= 11 is 3.39. The summed E-state index contributed by atoms with van der Waals surface area (Å²) in [5, 5.41) is 13.0. The molecule has 0 amide bonds. The summed E-state index contributed by atoms with van der Waals surface area (Å²) in [6, 6.07) is 14.8. The van der Waals surface area contributed by atoms with E-state index < -0.39 is 0 Å². The summed E-state index contributed by atoms with van der Waals surface area (Å²) in [7, 11) is 0. The molecular weight excluding hydrogens is 372 g/mol. The number of halogens is 1. The summed E-state index contributed by atoms with van der Waals surface area (Å²) in [5.74, 6) is 1.00. The Morgan fingerprint density at radius 1 is 1.08 bits per heavy atom. The molecule has 0 aliphatic rings. The zero-order chi connectivity index (χ0) is 16.5. The molecule has 0 spiro atoms. The third-order valence-electron chi connectivity index (χ3n) is 3.51. The van der Waals surface area contributed by atoms with Gasteiger partial charge in [-0.25, -0.2) is 4.98 Å². The highest BCUT2D eigenvalue weighted by Gasteiger charge is 2.09. The largest absolute Gasteiger partial charge is 0.308 e. The Bertz CT molecular complexity index is 1070. The number of benzene rings is 2. The van der Waals surface area contributed by atoms with Crippen LogP contribution in [-0.4, -0.2) is 30.2 Å². The Balaban J connectivity index is 1.64. The van der Waals surface area contributed by atoms with Gasteiger partial charge in [-0.3, -0.25) is 4.79 Å². The molecule has 2 aromatic carbocycles. The number of aromatic nitrogens is 6. The van der Waals surface area contributed by atoms with Gasteiger partial charge in [-0.1, -0.05) is 28.1 Å². The molecule has 2 aromatic heterocycles. The molecule has 0 bridgehead atoms. The molecular formula is C16H11BrN6O. The molecule has 0 aliphatic heterocycles. The van der Waals surface area contributed by atoms with Gasteiger partial charge >= 0.3 is 0 Å². The van der Waals surface area contributed by atoms with Crippen LogP contribution in [0, 0.1) is 0 Å². The van der Waals surface area contributed by atoms with E-state index in [9.17, 15) is 4.79 Å². The topological polar surface area (TPSA) is 89.4 Å². The molecule has 2 heterocycles. The molecule has 118 valence electrons. The lowest BCUT2D eigenvalue weighted by atomic mass is 10.2. The quantitative estimate of drug-likeness (QED) is 0.587. The number of para-hydroxylation sites is 1. The lowest BCUT2D eigenvalue weighted by Gasteiger charge is -2.01. The zero-order valence-electron chi connectivity index (χ0n) is 12.3.